The van der Waals surface area contributed by atoms with Crippen LogP contribution in [0.1, 0.15) is 29.2 Å². The third-order valence-corrected chi connectivity index (χ3v) is 5.35. The first kappa shape index (κ1) is 22.2. The minimum Gasteiger partial charge on any atom is -0.493 e. The molecule has 0 aliphatic heterocycles. The Hall–Kier alpha value is -3.46. The van der Waals surface area contributed by atoms with E-state index in [1.165, 1.54) is 0 Å². The molecule has 9 heteroatoms. The molecule has 0 saturated carbocycles. The van der Waals surface area contributed by atoms with E-state index >= 15 is 0 Å². The van der Waals surface area contributed by atoms with Crippen molar-refractivity contribution in [1.82, 2.24) is 9.55 Å². The van der Waals surface area contributed by atoms with Crippen LogP contribution in [0.5, 0.6) is 5.88 Å². The van der Waals surface area contributed by atoms with E-state index in [1.54, 1.807) is 24.3 Å². The van der Waals surface area contributed by atoms with Gasteiger partial charge in [0, 0.05) is 10.2 Å². The Kier molecular flexibility index (Phi) is 6.55. The van der Waals surface area contributed by atoms with Gasteiger partial charge in [-0.2, -0.15) is 0 Å². The minimum atomic E-state index is -0.850. The van der Waals surface area contributed by atoms with Crippen LogP contribution in [0.4, 0.5) is 10.5 Å². The van der Waals surface area contributed by atoms with E-state index in [-0.39, 0.29) is 5.56 Å². The third-order valence-electron chi connectivity index (χ3n) is 4.85. The zero-order chi connectivity index (χ0) is 22.7. The fourth-order valence-corrected chi connectivity index (χ4v) is 3.44. The average Bonchev–Trinajstić information content (AvgIpc) is 2.71. The lowest BCUT2D eigenvalue weighted by Crippen LogP contribution is -2.32. The van der Waals surface area contributed by atoms with Crippen molar-refractivity contribution in [2.24, 2.45) is 4.99 Å². The largest absolute Gasteiger partial charge is 0.493 e. The maximum atomic E-state index is 12.4. The number of urea groups is 1. The van der Waals surface area contributed by atoms with Gasteiger partial charge in [-0.25, -0.2) is 19.1 Å². The number of anilines is 1. The van der Waals surface area contributed by atoms with Gasteiger partial charge in [-0.05, 0) is 67.3 Å². The number of aromatic amines is 1. The van der Waals surface area contributed by atoms with Crippen molar-refractivity contribution in [2.75, 3.05) is 5.32 Å². The molecular formula is C22H21BrN4O4. The normalized spacial score (nSPS) is 11.1. The molecule has 2 aromatic carbocycles. The summed E-state index contributed by atoms with van der Waals surface area (Å²) >= 11 is 3.38. The monoisotopic (exact) mass is 484 g/mol. The molecule has 0 unspecified atom stereocenters. The predicted octanol–water partition coefficient (Wildman–Crippen LogP) is 3.82. The highest BCUT2D eigenvalue weighted by molar-refractivity contribution is 9.10. The molecule has 8 nitrogen and oxygen atoms in total. The van der Waals surface area contributed by atoms with Crippen LogP contribution in [0.25, 0.3) is 5.69 Å². The second-order valence-corrected chi connectivity index (χ2v) is 7.86. The highest BCUT2D eigenvalue weighted by Crippen LogP contribution is 2.23. The van der Waals surface area contributed by atoms with E-state index < -0.39 is 23.2 Å². The summed E-state index contributed by atoms with van der Waals surface area (Å²) < 4.78 is 1.80. The lowest BCUT2D eigenvalue weighted by molar-refractivity contribution is 0.259. The molecule has 1 heterocycles. The molecule has 1 aromatic heterocycles. The highest BCUT2D eigenvalue weighted by atomic mass is 79.9. The Labute approximate surface area is 186 Å². The van der Waals surface area contributed by atoms with Crippen LogP contribution in [0, 0.1) is 13.8 Å². The zero-order valence-electron chi connectivity index (χ0n) is 17.2. The van der Waals surface area contributed by atoms with Crippen molar-refractivity contribution >= 4 is 33.9 Å². The molecule has 2 amide bonds. The van der Waals surface area contributed by atoms with Crippen molar-refractivity contribution in [3.05, 3.63) is 84.0 Å². The number of aromatic hydroxyl groups is 1. The summed E-state index contributed by atoms with van der Waals surface area (Å²) in [6.45, 7) is 5.78. The van der Waals surface area contributed by atoms with Crippen LogP contribution < -0.4 is 16.6 Å². The molecule has 0 aliphatic rings. The maximum absolute atomic E-state index is 12.4. The first-order valence-electron chi connectivity index (χ1n) is 9.50. The fourth-order valence-electron chi connectivity index (χ4n) is 3.03. The first-order chi connectivity index (χ1) is 14.7. The number of benzene rings is 2. The van der Waals surface area contributed by atoms with E-state index in [2.05, 4.69) is 31.2 Å². The fraction of sp³-hybridized carbons (Fsp3) is 0.182. The molecule has 31 heavy (non-hydrogen) atoms. The number of aromatic nitrogens is 2. The summed E-state index contributed by atoms with van der Waals surface area (Å²) in [6.07, 6.45) is 1.52. The second kappa shape index (κ2) is 9.13. The molecule has 0 bridgehead atoms. The van der Waals surface area contributed by atoms with Crippen molar-refractivity contribution in [2.45, 2.75) is 27.2 Å². The standard InChI is InChI=1S/C22H21BrN4O4/c1-4-14-10-15(23)6-8-18(14)27-20(29)17(19(28)26-22(27)31)11-24-21(30)25-16-7-5-12(2)13(3)9-16/h5-11,29H,4H2,1-3H3,(H,25,30)(H,26,28,31). The summed E-state index contributed by atoms with van der Waals surface area (Å²) in [5, 5.41) is 13.3. The van der Waals surface area contributed by atoms with Gasteiger partial charge >= 0.3 is 11.7 Å². The quantitative estimate of drug-likeness (QED) is 0.487. The van der Waals surface area contributed by atoms with E-state index in [0.29, 0.717) is 17.8 Å². The Bertz CT molecular complexity index is 1310. The molecule has 0 spiro atoms. The van der Waals surface area contributed by atoms with Crippen molar-refractivity contribution in [3.8, 4) is 11.6 Å². The van der Waals surface area contributed by atoms with E-state index in [1.807, 2.05) is 32.9 Å². The van der Waals surface area contributed by atoms with Gasteiger partial charge in [0.2, 0.25) is 5.88 Å². The van der Waals surface area contributed by atoms with Gasteiger partial charge in [0.1, 0.15) is 5.56 Å². The second-order valence-electron chi connectivity index (χ2n) is 6.95. The van der Waals surface area contributed by atoms with Gasteiger partial charge in [0.05, 0.1) is 11.9 Å². The number of nitrogens with zero attached hydrogens (tertiary/aromatic N) is 2. The van der Waals surface area contributed by atoms with Crippen LogP contribution in [-0.4, -0.2) is 26.9 Å². The Morgan fingerprint density at radius 3 is 2.61 bits per heavy atom. The predicted molar refractivity (Wildman–Crippen MR) is 124 cm³/mol. The van der Waals surface area contributed by atoms with Crippen molar-refractivity contribution in [1.29, 1.82) is 0 Å². The molecule has 3 N–H and O–H groups in total. The van der Waals surface area contributed by atoms with Crippen LogP contribution in [-0.2, 0) is 6.42 Å². The lowest BCUT2D eigenvalue weighted by Gasteiger charge is -2.13. The summed E-state index contributed by atoms with van der Waals surface area (Å²) in [4.78, 5) is 42.7. The third kappa shape index (κ3) is 4.83. The molecule has 0 saturated heterocycles. The zero-order valence-corrected chi connectivity index (χ0v) is 18.8. The topological polar surface area (TPSA) is 117 Å². The summed E-state index contributed by atoms with van der Waals surface area (Å²) in [5.41, 5.74) is 1.88. The summed E-state index contributed by atoms with van der Waals surface area (Å²) in [6, 6.07) is 9.86. The molecule has 0 fully saturated rings. The van der Waals surface area contributed by atoms with Gasteiger partial charge in [-0.15, -0.1) is 0 Å². The lowest BCUT2D eigenvalue weighted by atomic mass is 10.1. The Balaban J connectivity index is 1.98. The number of hydrogen-bond acceptors (Lipinski definition) is 4. The number of aryl methyl sites for hydroxylation is 3. The Morgan fingerprint density at radius 2 is 1.94 bits per heavy atom. The van der Waals surface area contributed by atoms with Gasteiger partial charge in [-0.1, -0.05) is 28.9 Å². The number of carbonyl (C=O) groups excluding carboxylic acids is 1. The smallest absolute Gasteiger partial charge is 0.345 e. The first-order valence-corrected chi connectivity index (χ1v) is 10.3. The number of hydrogen-bond donors (Lipinski definition) is 3. The summed E-state index contributed by atoms with van der Waals surface area (Å²) in [5.74, 6) is -0.603. The minimum absolute atomic E-state index is 0.306. The number of halogens is 1. The number of H-pyrrole nitrogens is 1. The molecule has 3 rings (SSSR count). The van der Waals surface area contributed by atoms with Crippen LogP contribution >= 0.6 is 15.9 Å². The average molecular weight is 485 g/mol. The highest BCUT2D eigenvalue weighted by Gasteiger charge is 2.17. The summed E-state index contributed by atoms with van der Waals surface area (Å²) in [7, 11) is 0. The van der Waals surface area contributed by atoms with Gasteiger partial charge in [0.15, 0.2) is 0 Å². The van der Waals surface area contributed by atoms with Crippen LogP contribution in [0.2, 0.25) is 0 Å². The van der Waals surface area contributed by atoms with Gasteiger partial charge < -0.3 is 10.4 Å². The number of nitrogens with one attached hydrogen (secondary N) is 2. The molecule has 160 valence electrons. The van der Waals surface area contributed by atoms with Gasteiger partial charge in [-0.3, -0.25) is 9.78 Å². The van der Waals surface area contributed by atoms with Gasteiger partial charge in [0.25, 0.3) is 5.56 Å². The van der Waals surface area contributed by atoms with Crippen LogP contribution in [0.3, 0.4) is 0 Å². The molecule has 0 aliphatic carbocycles. The number of aliphatic imine (C=N–C) groups is 1. The molecule has 3 aromatic rings. The van der Waals surface area contributed by atoms with Crippen LogP contribution in [0.15, 0.2) is 55.5 Å². The Morgan fingerprint density at radius 1 is 1.19 bits per heavy atom. The van der Waals surface area contributed by atoms with E-state index in [0.717, 1.165) is 31.9 Å². The molecule has 0 atom stereocenters. The van der Waals surface area contributed by atoms with Crippen molar-refractivity contribution < 1.29 is 9.90 Å². The molecular weight excluding hydrogens is 464 g/mol. The van der Waals surface area contributed by atoms with Crippen molar-refractivity contribution in [3.63, 3.8) is 0 Å². The SMILES string of the molecule is CCc1cc(Br)ccc1-n1c(O)c(C=NC(=O)Nc2ccc(C)c(C)c2)c(=O)[nH]c1=O. The van der Waals surface area contributed by atoms with E-state index in [4.69, 9.17) is 0 Å². The number of amides is 2. The maximum Gasteiger partial charge on any atom is 0.345 e. The molecule has 0 radical (unpaired) electrons. The number of rotatable bonds is 4. The number of carbonyl (C=O) groups is 1. The van der Waals surface area contributed by atoms with E-state index in [9.17, 15) is 19.5 Å².